The Morgan fingerprint density at radius 3 is 2.49 bits per heavy atom. The Kier molecular flexibility index (Phi) is 6.92. The summed E-state index contributed by atoms with van der Waals surface area (Å²) in [4.78, 5) is 2.11. The molecule has 1 heterocycles. The van der Waals surface area contributed by atoms with E-state index >= 15 is 0 Å². The third-order valence-electron chi connectivity index (χ3n) is 10.8. The monoisotopic (exact) mass is 535 g/mol. The van der Waals surface area contributed by atoms with Crippen molar-refractivity contribution < 1.29 is 24.4 Å². The Hall–Kier alpha value is -1.88. The third kappa shape index (κ3) is 4.46. The van der Waals surface area contributed by atoms with E-state index in [-0.39, 0.29) is 11.3 Å². The van der Waals surface area contributed by atoms with Gasteiger partial charge < -0.3 is 29.3 Å². The van der Waals surface area contributed by atoms with E-state index in [1.54, 1.807) is 0 Å². The maximum Gasteiger partial charge on any atom is 0.171 e. The smallest absolute Gasteiger partial charge is 0.171 e. The van der Waals surface area contributed by atoms with E-state index < -0.39 is 17.0 Å². The minimum Gasteiger partial charge on any atom is -0.492 e. The van der Waals surface area contributed by atoms with Crippen LogP contribution in [0.2, 0.25) is 0 Å². The zero-order valence-electron chi connectivity index (χ0n) is 24.1. The van der Waals surface area contributed by atoms with Gasteiger partial charge in [0.05, 0.1) is 18.8 Å². The second-order valence-electron chi connectivity index (χ2n) is 13.2. The van der Waals surface area contributed by atoms with Gasteiger partial charge in [0.1, 0.15) is 18.0 Å². The number of likely N-dealkylation sites (N-methyl/N-ethyl adjacent to an activating group) is 1. The molecule has 1 saturated heterocycles. The quantitative estimate of drug-likeness (QED) is 0.423. The summed E-state index contributed by atoms with van der Waals surface area (Å²) in [5.41, 5.74) is 1.70. The van der Waals surface area contributed by atoms with Crippen molar-refractivity contribution >= 4 is 0 Å². The second kappa shape index (κ2) is 9.89. The molecule has 3 saturated carbocycles. The fourth-order valence-corrected chi connectivity index (χ4v) is 8.87. The van der Waals surface area contributed by atoms with Crippen molar-refractivity contribution in [2.75, 3.05) is 40.5 Å². The molecule has 1 aliphatic heterocycles. The summed E-state index contributed by atoms with van der Waals surface area (Å²) in [5, 5.41) is 24.1. The summed E-state index contributed by atoms with van der Waals surface area (Å²) in [6, 6.07) is 8.56. The lowest BCUT2D eigenvalue weighted by Gasteiger charge is -2.57. The highest BCUT2D eigenvalue weighted by molar-refractivity contribution is 5.45. The molecule has 0 aromatic heterocycles. The minimum atomic E-state index is -0.980. The first-order chi connectivity index (χ1) is 18.6. The highest BCUT2D eigenvalue weighted by Crippen LogP contribution is 2.67. The maximum atomic E-state index is 12.2. The Bertz CT molecular complexity index is 1170. The molecule has 6 rings (SSSR count). The predicted molar refractivity (Wildman–Crippen MR) is 150 cm³/mol. The highest BCUT2D eigenvalue weighted by Gasteiger charge is 2.64. The first-order valence-corrected chi connectivity index (χ1v) is 14.9. The van der Waals surface area contributed by atoms with Crippen LogP contribution in [0.3, 0.4) is 0 Å². The fraction of sp³-hybridized carbons (Fsp3) is 0.697. The minimum absolute atomic E-state index is 0.122. The summed E-state index contributed by atoms with van der Waals surface area (Å²) in [7, 11) is 4.09. The largest absolute Gasteiger partial charge is 0.492 e. The summed E-state index contributed by atoms with van der Waals surface area (Å²) >= 11 is 0. The van der Waals surface area contributed by atoms with Gasteiger partial charge in [0.15, 0.2) is 5.79 Å². The molecule has 0 unspecified atom stereocenters. The summed E-state index contributed by atoms with van der Waals surface area (Å²) in [6.07, 6.45) is 6.27. The van der Waals surface area contributed by atoms with Crippen LogP contribution in [-0.4, -0.2) is 72.6 Å². The average molecular weight is 536 g/mol. The van der Waals surface area contributed by atoms with Crippen molar-refractivity contribution in [3.63, 3.8) is 0 Å². The number of aliphatic hydroxyl groups is 2. The first kappa shape index (κ1) is 27.3. The number of rotatable bonds is 5. The molecule has 0 amide bonds. The summed E-state index contributed by atoms with van der Waals surface area (Å²) in [6.45, 7) is 6.84. The third-order valence-corrected chi connectivity index (χ3v) is 10.8. The molecular weight excluding hydrogens is 490 g/mol. The first-order valence-electron chi connectivity index (χ1n) is 14.9. The lowest BCUT2D eigenvalue weighted by atomic mass is 9.49. The number of nitrogens with zero attached hydrogens (tertiary/aromatic N) is 1. The number of fused-ring (bicyclic) bond motifs is 4. The van der Waals surface area contributed by atoms with Gasteiger partial charge in [-0.2, -0.15) is 0 Å². The van der Waals surface area contributed by atoms with Crippen LogP contribution < -0.4 is 4.74 Å². The van der Waals surface area contributed by atoms with E-state index in [4.69, 9.17) is 14.2 Å². The van der Waals surface area contributed by atoms with E-state index in [1.165, 1.54) is 16.7 Å². The normalized spacial score (nSPS) is 38.7. The van der Waals surface area contributed by atoms with Crippen molar-refractivity contribution in [3.8, 4) is 17.6 Å². The van der Waals surface area contributed by atoms with Crippen molar-refractivity contribution in [1.29, 1.82) is 0 Å². The molecule has 0 radical (unpaired) electrons. The van der Waals surface area contributed by atoms with Gasteiger partial charge in [-0.1, -0.05) is 30.6 Å². The molecule has 6 heteroatoms. The van der Waals surface area contributed by atoms with Crippen LogP contribution in [0.5, 0.6) is 5.75 Å². The lowest BCUT2D eigenvalue weighted by Crippen LogP contribution is -2.55. The van der Waals surface area contributed by atoms with Crippen molar-refractivity contribution in [3.05, 3.63) is 41.0 Å². The molecule has 4 fully saturated rings. The SMILES string of the molecule is CC#C[C@]1(O)CC[C@H]2[C@@H]3CC[C@@]4(O)CC5(CCC4=C3[C@@H](c3ccc(OCCN(C)C)cc3)C[C@@]21C)OCCO5. The number of hydrogen-bond donors (Lipinski definition) is 2. The lowest BCUT2D eigenvalue weighted by molar-refractivity contribution is -0.208. The van der Waals surface area contributed by atoms with Crippen LogP contribution in [-0.2, 0) is 9.47 Å². The Morgan fingerprint density at radius 1 is 1.05 bits per heavy atom. The van der Waals surface area contributed by atoms with Crippen LogP contribution in [0.4, 0.5) is 0 Å². The van der Waals surface area contributed by atoms with E-state index in [0.717, 1.165) is 50.8 Å². The molecule has 6 atom stereocenters. The van der Waals surface area contributed by atoms with E-state index in [1.807, 2.05) is 21.0 Å². The highest BCUT2D eigenvalue weighted by atomic mass is 16.7. The molecule has 1 spiro atoms. The van der Waals surface area contributed by atoms with Gasteiger partial charge >= 0.3 is 0 Å². The van der Waals surface area contributed by atoms with E-state index in [0.29, 0.717) is 44.5 Å². The molecular formula is C33H45NO5. The summed E-state index contributed by atoms with van der Waals surface area (Å²) in [5.74, 6) is 7.35. The van der Waals surface area contributed by atoms with Gasteiger partial charge in [-0.25, -0.2) is 0 Å². The Morgan fingerprint density at radius 2 is 1.79 bits per heavy atom. The molecule has 6 nitrogen and oxygen atoms in total. The number of ether oxygens (including phenoxy) is 3. The number of benzene rings is 1. The van der Waals surface area contributed by atoms with Crippen LogP contribution in [0, 0.1) is 29.1 Å². The molecule has 4 aliphatic carbocycles. The Labute approximate surface area is 233 Å². The van der Waals surface area contributed by atoms with E-state index in [2.05, 4.69) is 47.9 Å². The van der Waals surface area contributed by atoms with Crippen molar-refractivity contribution in [2.45, 2.75) is 88.1 Å². The molecule has 1 aromatic rings. The second-order valence-corrected chi connectivity index (χ2v) is 13.2. The van der Waals surface area contributed by atoms with Gasteiger partial charge in [-0.05, 0) is 94.6 Å². The standard InChI is InChI=1S/C33H45NO5/c1-5-13-32(36)15-11-27-25-10-14-31(35)22-33(38-19-20-39-33)16-12-28(31)29(25)26(21-30(27,32)2)23-6-8-24(9-7-23)37-18-17-34(3)4/h6-9,25-27,35-36H,10-12,14-22H2,1-4H3/t25-,26+,27-,30-,31+,32-/m0/s1. The van der Waals surface area contributed by atoms with Crippen molar-refractivity contribution in [1.82, 2.24) is 4.90 Å². The molecule has 39 heavy (non-hydrogen) atoms. The Balaban J connectivity index is 1.40. The average Bonchev–Trinajstić information content (AvgIpc) is 3.45. The van der Waals surface area contributed by atoms with E-state index in [9.17, 15) is 10.2 Å². The number of hydrogen-bond acceptors (Lipinski definition) is 6. The van der Waals surface area contributed by atoms with Gasteiger partial charge in [-0.3, -0.25) is 0 Å². The van der Waals surface area contributed by atoms with Gasteiger partial charge in [0, 0.05) is 30.7 Å². The topological polar surface area (TPSA) is 71.4 Å². The van der Waals surface area contributed by atoms with Crippen molar-refractivity contribution in [2.24, 2.45) is 17.3 Å². The fourth-order valence-electron chi connectivity index (χ4n) is 8.87. The number of allylic oxidation sites excluding steroid dienone is 1. The van der Waals surface area contributed by atoms with Crippen LogP contribution in [0.25, 0.3) is 0 Å². The zero-order valence-corrected chi connectivity index (χ0v) is 24.1. The molecule has 212 valence electrons. The molecule has 5 aliphatic rings. The predicted octanol–water partition coefficient (Wildman–Crippen LogP) is 4.65. The molecule has 1 aromatic carbocycles. The van der Waals surface area contributed by atoms with Gasteiger partial charge in [-0.15, -0.1) is 5.92 Å². The van der Waals surface area contributed by atoms with Crippen LogP contribution in [0.1, 0.15) is 76.7 Å². The van der Waals surface area contributed by atoms with Gasteiger partial charge in [0.25, 0.3) is 0 Å². The zero-order chi connectivity index (χ0) is 27.5. The maximum absolute atomic E-state index is 12.2. The van der Waals surface area contributed by atoms with Crippen LogP contribution >= 0.6 is 0 Å². The van der Waals surface area contributed by atoms with Gasteiger partial charge in [0.2, 0.25) is 0 Å². The van der Waals surface area contributed by atoms with Crippen LogP contribution in [0.15, 0.2) is 35.4 Å². The molecule has 0 bridgehead atoms. The summed E-state index contributed by atoms with van der Waals surface area (Å²) < 4.78 is 18.1. The molecule has 2 N–H and O–H groups in total.